The molecule has 29 heavy (non-hydrogen) atoms. The molecule has 3 rings (SSSR count). The molecule has 0 spiro atoms. The third kappa shape index (κ3) is 6.03. The van der Waals surface area contributed by atoms with Gasteiger partial charge in [0.25, 0.3) is 0 Å². The van der Waals surface area contributed by atoms with Crippen LogP contribution in [0.25, 0.3) is 0 Å². The van der Waals surface area contributed by atoms with Gasteiger partial charge in [-0.15, -0.1) is 0 Å². The van der Waals surface area contributed by atoms with Crippen LogP contribution in [0.3, 0.4) is 0 Å². The first-order valence-corrected chi connectivity index (χ1v) is 10.2. The molecule has 1 heterocycles. The average molecular weight is 398 g/mol. The Morgan fingerprint density at radius 3 is 2.66 bits per heavy atom. The van der Waals surface area contributed by atoms with Gasteiger partial charge in [0, 0.05) is 36.1 Å². The summed E-state index contributed by atoms with van der Waals surface area (Å²) in [5.41, 5.74) is 4.55. The van der Waals surface area contributed by atoms with Crippen molar-refractivity contribution in [3.63, 3.8) is 0 Å². The lowest BCUT2D eigenvalue weighted by Crippen LogP contribution is -2.42. The molecule has 1 saturated heterocycles. The summed E-state index contributed by atoms with van der Waals surface area (Å²) in [6.45, 7) is 5.81. The summed E-state index contributed by atoms with van der Waals surface area (Å²) in [7, 11) is 0. The van der Waals surface area contributed by atoms with E-state index in [0.29, 0.717) is 18.3 Å². The van der Waals surface area contributed by atoms with E-state index in [0.717, 1.165) is 48.3 Å². The molecule has 1 aliphatic rings. The van der Waals surface area contributed by atoms with Gasteiger partial charge < -0.3 is 20.8 Å². The Kier molecular flexibility index (Phi) is 7.25. The normalized spacial score (nSPS) is 16.4. The number of hydrogen-bond acceptors (Lipinski definition) is 5. The number of anilines is 2. The van der Waals surface area contributed by atoms with Gasteiger partial charge in [0.2, 0.25) is 5.91 Å². The Balaban J connectivity index is 1.47. The Hall–Kier alpha value is -2.41. The fourth-order valence-electron chi connectivity index (χ4n) is 3.73. The van der Waals surface area contributed by atoms with E-state index in [2.05, 4.69) is 15.5 Å². The molecule has 6 nitrogen and oxygen atoms in total. The first-order chi connectivity index (χ1) is 13.9. The van der Waals surface area contributed by atoms with Gasteiger partial charge in [0.05, 0.1) is 19.3 Å². The van der Waals surface area contributed by atoms with Crippen molar-refractivity contribution in [3.05, 3.63) is 59.2 Å². The van der Waals surface area contributed by atoms with E-state index < -0.39 is 6.10 Å². The minimum atomic E-state index is -0.557. The van der Waals surface area contributed by atoms with E-state index in [1.54, 1.807) is 13.0 Å². The van der Waals surface area contributed by atoms with Crippen molar-refractivity contribution in [1.82, 2.24) is 4.90 Å². The first-order valence-electron chi connectivity index (χ1n) is 10.2. The molecular weight excluding hydrogens is 366 g/mol. The molecule has 1 fully saturated rings. The monoisotopic (exact) mass is 397 g/mol. The summed E-state index contributed by atoms with van der Waals surface area (Å²) in [4.78, 5) is 14.6. The van der Waals surface area contributed by atoms with Crippen molar-refractivity contribution in [2.45, 2.75) is 45.4 Å². The van der Waals surface area contributed by atoms with Crippen molar-refractivity contribution in [3.8, 4) is 0 Å². The number of piperidine rings is 1. The maximum atomic E-state index is 12.4. The summed E-state index contributed by atoms with van der Waals surface area (Å²) < 4.78 is 0. The molecule has 4 N–H and O–H groups in total. The molecule has 2 aromatic rings. The lowest BCUT2D eigenvalue weighted by Gasteiger charge is -2.32. The number of hydrogen-bond donors (Lipinski definition) is 4. The number of carbonyl (C=O) groups excluding carboxylic acids is 1. The van der Waals surface area contributed by atoms with Crippen LogP contribution in [-0.4, -0.2) is 46.7 Å². The van der Waals surface area contributed by atoms with Crippen LogP contribution >= 0.6 is 0 Å². The van der Waals surface area contributed by atoms with E-state index in [1.807, 2.05) is 43.3 Å². The quantitative estimate of drug-likeness (QED) is 0.577. The molecule has 0 saturated carbocycles. The summed E-state index contributed by atoms with van der Waals surface area (Å²) >= 11 is 0. The van der Waals surface area contributed by atoms with Gasteiger partial charge in [-0.05, 0) is 50.5 Å². The van der Waals surface area contributed by atoms with Crippen molar-refractivity contribution < 1.29 is 15.0 Å². The third-order valence-corrected chi connectivity index (χ3v) is 5.40. The van der Waals surface area contributed by atoms with Gasteiger partial charge in [-0.2, -0.15) is 0 Å². The largest absolute Gasteiger partial charge is 0.392 e. The van der Waals surface area contributed by atoms with Crippen molar-refractivity contribution in [2.75, 3.05) is 30.3 Å². The number of amides is 1. The predicted molar refractivity (Wildman–Crippen MR) is 116 cm³/mol. The van der Waals surface area contributed by atoms with Crippen LogP contribution in [0.5, 0.6) is 0 Å². The van der Waals surface area contributed by atoms with Crippen LogP contribution in [-0.2, 0) is 11.4 Å². The summed E-state index contributed by atoms with van der Waals surface area (Å²) in [5, 5.41) is 25.7. The fourth-order valence-corrected chi connectivity index (χ4v) is 3.73. The third-order valence-electron chi connectivity index (χ3n) is 5.40. The fraction of sp³-hybridized carbons (Fsp3) is 0.435. The van der Waals surface area contributed by atoms with Crippen LogP contribution in [0.15, 0.2) is 42.5 Å². The van der Waals surface area contributed by atoms with Gasteiger partial charge in [0.15, 0.2) is 0 Å². The molecule has 2 aromatic carbocycles. The highest BCUT2D eigenvalue weighted by Gasteiger charge is 2.21. The minimum absolute atomic E-state index is 0.0271. The van der Waals surface area contributed by atoms with Crippen LogP contribution < -0.4 is 10.6 Å². The average Bonchev–Trinajstić information content (AvgIpc) is 2.70. The SMILES string of the molecule is Cc1ccc(NC2CCN(CC(=O)Nc3cccc(C(C)O)c3)CC2)c(CO)c1. The molecule has 0 aromatic heterocycles. The Bertz CT molecular complexity index is 830. The molecule has 1 aliphatic heterocycles. The number of nitrogens with one attached hydrogen (secondary N) is 2. The molecule has 0 radical (unpaired) electrons. The topological polar surface area (TPSA) is 84.8 Å². The first kappa shape index (κ1) is 21.3. The second-order valence-electron chi connectivity index (χ2n) is 7.86. The summed E-state index contributed by atoms with van der Waals surface area (Å²) in [6.07, 6.45) is 1.34. The van der Waals surface area contributed by atoms with Crippen LogP contribution in [0.2, 0.25) is 0 Å². The highest BCUT2D eigenvalue weighted by atomic mass is 16.3. The highest BCUT2D eigenvalue weighted by molar-refractivity contribution is 5.92. The Labute approximate surface area is 172 Å². The molecular formula is C23H31N3O3. The number of rotatable bonds is 7. The molecule has 0 aliphatic carbocycles. The number of aliphatic hydroxyl groups excluding tert-OH is 2. The van der Waals surface area contributed by atoms with E-state index in [-0.39, 0.29) is 12.5 Å². The number of benzene rings is 2. The maximum absolute atomic E-state index is 12.4. The zero-order valence-corrected chi connectivity index (χ0v) is 17.2. The predicted octanol–water partition coefficient (Wildman–Crippen LogP) is 3.06. The molecule has 0 bridgehead atoms. The van der Waals surface area contributed by atoms with Gasteiger partial charge in [0.1, 0.15) is 0 Å². The van der Waals surface area contributed by atoms with Crippen molar-refractivity contribution in [1.29, 1.82) is 0 Å². The molecule has 1 unspecified atom stereocenters. The van der Waals surface area contributed by atoms with Crippen LogP contribution in [0.1, 0.15) is 42.6 Å². The lowest BCUT2D eigenvalue weighted by molar-refractivity contribution is -0.117. The Morgan fingerprint density at radius 1 is 1.21 bits per heavy atom. The zero-order valence-electron chi connectivity index (χ0n) is 17.2. The number of nitrogens with zero attached hydrogens (tertiary/aromatic N) is 1. The maximum Gasteiger partial charge on any atom is 0.238 e. The molecule has 1 amide bonds. The van der Waals surface area contributed by atoms with E-state index in [1.165, 1.54) is 0 Å². The van der Waals surface area contributed by atoms with E-state index in [9.17, 15) is 15.0 Å². The van der Waals surface area contributed by atoms with Gasteiger partial charge in [-0.3, -0.25) is 9.69 Å². The number of aliphatic hydroxyl groups is 2. The standard InChI is InChI=1S/C23H31N3O3/c1-16-6-7-22(19(12-16)15-27)24-20-8-10-26(11-9-20)14-23(29)25-21-5-3-4-18(13-21)17(2)28/h3-7,12-13,17,20,24,27-28H,8-11,14-15H2,1-2H3,(H,25,29). The van der Waals surface area contributed by atoms with Crippen molar-refractivity contribution in [2.24, 2.45) is 0 Å². The number of aryl methyl sites for hydroxylation is 1. The molecule has 1 atom stereocenters. The lowest BCUT2D eigenvalue weighted by atomic mass is 10.0. The van der Waals surface area contributed by atoms with Gasteiger partial charge in [-0.1, -0.05) is 29.8 Å². The van der Waals surface area contributed by atoms with E-state index >= 15 is 0 Å². The van der Waals surface area contributed by atoms with Crippen LogP contribution in [0, 0.1) is 6.92 Å². The number of carbonyl (C=O) groups is 1. The molecule has 156 valence electrons. The van der Waals surface area contributed by atoms with Gasteiger partial charge in [-0.25, -0.2) is 0 Å². The van der Waals surface area contributed by atoms with Crippen LogP contribution in [0.4, 0.5) is 11.4 Å². The smallest absolute Gasteiger partial charge is 0.238 e. The second-order valence-corrected chi connectivity index (χ2v) is 7.86. The van der Waals surface area contributed by atoms with E-state index in [4.69, 9.17) is 0 Å². The Morgan fingerprint density at radius 2 is 1.97 bits per heavy atom. The van der Waals surface area contributed by atoms with Gasteiger partial charge >= 0.3 is 0 Å². The second kappa shape index (κ2) is 9.87. The summed E-state index contributed by atoms with van der Waals surface area (Å²) in [6, 6.07) is 13.7. The number of likely N-dealkylation sites (tertiary alicyclic amines) is 1. The minimum Gasteiger partial charge on any atom is -0.392 e. The van der Waals surface area contributed by atoms with Crippen molar-refractivity contribution >= 4 is 17.3 Å². The summed E-state index contributed by atoms with van der Waals surface area (Å²) in [5.74, 6) is -0.0414. The molecule has 6 heteroatoms. The highest BCUT2D eigenvalue weighted by Crippen LogP contribution is 2.22. The zero-order chi connectivity index (χ0) is 20.8.